The normalized spacial score (nSPS) is 16.4. The van der Waals surface area contributed by atoms with Gasteiger partial charge in [-0.25, -0.2) is 9.97 Å². The smallest absolute Gasteiger partial charge is 0.140 e. The maximum Gasteiger partial charge on any atom is 0.140 e. The molecule has 1 N–H and O–H groups in total. The van der Waals surface area contributed by atoms with Gasteiger partial charge in [0.1, 0.15) is 11.6 Å². The minimum Gasteiger partial charge on any atom is -0.370 e. The van der Waals surface area contributed by atoms with E-state index in [1.165, 1.54) is 25.0 Å². The SMILES string of the molecule is CCCNc1cc(C2CC2)nc(CSC(C)CC)n1. The molecular formula is C15H25N3S. The van der Waals surface area contributed by atoms with Crippen molar-refractivity contribution < 1.29 is 0 Å². The highest BCUT2D eigenvalue weighted by Gasteiger charge is 2.26. The van der Waals surface area contributed by atoms with Crippen molar-refractivity contribution >= 4 is 17.6 Å². The molecule has 0 amide bonds. The number of rotatable bonds is 8. The highest BCUT2D eigenvalue weighted by Crippen LogP contribution is 2.39. The van der Waals surface area contributed by atoms with Crippen molar-refractivity contribution in [2.24, 2.45) is 0 Å². The first-order chi connectivity index (χ1) is 9.22. The molecule has 1 aromatic rings. The van der Waals surface area contributed by atoms with Crippen LogP contribution in [-0.2, 0) is 5.75 Å². The molecule has 1 aromatic heterocycles. The lowest BCUT2D eigenvalue weighted by molar-refractivity contribution is 0.890. The third-order valence-electron chi connectivity index (χ3n) is 3.42. The maximum atomic E-state index is 4.74. The van der Waals surface area contributed by atoms with Gasteiger partial charge in [-0.1, -0.05) is 20.8 Å². The van der Waals surface area contributed by atoms with E-state index in [1.54, 1.807) is 0 Å². The zero-order valence-electron chi connectivity index (χ0n) is 12.3. The molecule has 0 bridgehead atoms. The van der Waals surface area contributed by atoms with Crippen LogP contribution in [0.2, 0.25) is 0 Å². The van der Waals surface area contributed by atoms with Gasteiger partial charge in [0.2, 0.25) is 0 Å². The quantitative estimate of drug-likeness (QED) is 0.773. The molecule has 0 aromatic carbocycles. The van der Waals surface area contributed by atoms with Crippen LogP contribution in [0.3, 0.4) is 0 Å². The average Bonchev–Trinajstić information content (AvgIpc) is 3.26. The summed E-state index contributed by atoms with van der Waals surface area (Å²) >= 11 is 1.95. The zero-order valence-corrected chi connectivity index (χ0v) is 13.1. The topological polar surface area (TPSA) is 37.8 Å². The number of anilines is 1. The summed E-state index contributed by atoms with van der Waals surface area (Å²) in [6.07, 6.45) is 4.91. The molecule has 1 heterocycles. The van der Waals surface area contributed by atoms with E-state index in [2.05, 4.69) is 37.1 Å². The molecule has 0 radical (unpaired) electrons. The monoisotopic (exact) mass is 279 g/mol. The van der Waals surface area contributed by atoms with Crippen molar-refractivity contribution in [3.05, 3.63) is 17.6 Å². The number of nitrogens with one attached hydrogen (secondary N) is 1. The van der Waals surface area contributed by atoms with Gasteiger partial charge in [0.25, 0.3) is 0 Å². The predicted octanol–water partition coefficient (Wildman–Crippen LogP) is 4.21. The van der Waals surface area contributed by atoms with Gasteiger partial charge in [-0.05, 0) is 25.7 Å². The molecule has 1 atom stereocenters. The van der Waals surface area contributed by atoms with Gasteiger partial charge >= 0.3 is 0 Å². The van der Waals surface area contributed by atoms with E-state index in [0.29, 0.717) is 11.2 Å². The van der Waals surface area contributed by atoms with Crippen molar-refractivity contribution in [1.82, 2.24) is 9.97 Å². The first-order valence-corrected chi connectivity index (χ1v) is 8.51. The van der Waals surface area contributed by atoms with E-state index in [1.807, 2.05) is 11.8 Å². The van der Waals surface area contributed by atoms with Crippen molar-refractivity contribution in [2.75, 3.05) is 11.9 Å². The summed E-state index contributed by atoms with van der Waals surface area (Å²) in [7, 11) is 0. The summed E-state index contributed by atoms with van der Waals surface area (Å²) in [6.45, 7) is 7.66. The van der Waals surface area contributed by atoms with Crippen LogP contribution in [-0.4, -0.2) is 21.8 Å². The highest BCUT2D eigenvalue weighted by molar-refractivity contribution is 7.99. The molecule has 3 nitrogen and oxygen atoms in total. The van der Waals surface area contributed by atoms with Crippen molar-refractivity contribution in [1.29, 1.82) is 0 Å². The average molecular weight is 279 g/mol. The lowest BCUT2D eigenvalue weighted by Gasteiger charge is -2.11. The molecule has 1 fully saturated rings. The Balaban J connectivity index is 2.05. The van der Waals surface area contributed by atoms with Gasteiger partial charge in [-0.2, -0.15) is 11.8 Å². The standard InChI is InChI=1S/C15H25N3S/c1-4-8-16-14-9-13(12-6-7-12)17-15(18-14)10-19-11(3)5-2/h9,11-12H,4-8,10H2,1-3H3,(H,16,17,18). The van der Waals surface area contributed by atoms with Crippen molar-refractivity contribution in [3.8, 4) is 0 Å². The second-order valence-corrected chi connectivity index (χ2v) is 6.75. The van der Waals surface area contributed by atoms with E-state index < -0.39 is 0 Å². The van der Waals surface area contributed by atoms with Gasteiger partial charge in [-0.15, -0.1) is 0 Å². The van der Waals surface area contributed by atoms with Gasteiger partial charge in [0.05, 0.1) is 5.75 Å². The fraction of sp³-hybridized carbons (Fsp3) is 0.733. The molecule has 1 unspecified atom stereocenters. The van der Waals surface area contributed by atoms with Crippen LogP contribution in [0.25, 0.3) is 0 Å². The molecule has 19 heavy (non-hydrogen) atoms. The minimum absolute atomic E-state index is 0.681. The first kappa shape index (κ1) is 14.6. The molecule has 1 aliphatic carbocycles. The van der Waals surface area contributed by atoms with Crippen LogP contribution in [0.1, 0.15) is 63.9 Å². The zero-order chi connectivity index (χ0) is 13.7. The second-order valence-electron chi connectivity index (χ2n) is 5.33. The number of nitrogens with zero attached hydrogens (tertiary/aromatic N) is 2. The molecular weight excluding hydrogens is 254 g/mol. The third kappa shape index (κ3) is 4.68. The van der Waals surface area contributed by atoms with Crippen molar-refractivity contribution in [3.63, 3.8) is 0 Å². The van der Waals surface area contributed by atoms with Crippen LogP contribution >= 0.6 is 11.8 Å². The second kappa shape index (κ2) is 7.13. The molecule has 0 saturated heterocycles. The first-order valence-electron chi connectivity index (χ1n) is 7.46. The summed E-state index contributed by atoms with van der Waals surface area (Å²) in [5.41, 5.74) is 1.24. The molecule has 1 saturated carbocycles. The molecule has 106 valence electrons. The number of hydrogen-bond acceptors (Lipinski definition) is 4. The molecule has 0 spiro atoms. The van der Waals surface area contributed by atoms with Crippen LogP contribution in [0.15, 0.2) is 6.07 Å². The molecule has 0 aliphatic heterocycles. The molecule has 4 heteroatoms. The Morgan fingerprint density at radius 2 is 2.16 bits per heavy atom. The van der Waals surface area contributed by atoms with E-state index in [-0.39, 0.29) is 0 Å². The van der Waals surface area contributed by atoms with Crippen molar-refractivity contribution in [2.45, 2.75) is 63.4 Å². The highest BCUT2D eigenvalue weighted by atomic mass is 32.2. The van der Waals surface area contributed by atoms with Gasteiger partial charge in [0, 0.05) is 29.5 Å². The summed E-state index contributed by atoms with van der Waals surface area (Å²) < 4.78 is 0. The number of aromatic nitrogens is 2. The lowest BCUT2D eigenvalue weighted by Crippen LogP contribution is -2.07. The molecule has 2 rings (SSSR count). The van der Waals surface area contributed by atoms with Crippen LogP contribution in [0, 0.1) is 0 Å². The van der Waals surface area contributed by atoms with Gasteiger partial charge in [-0.3, -0.25) is 0 Å². The fourth-order valence-corrected chi connectivity index (χ4v) is 2.65. The summed E-state index contributed by atoms with van der Waals surface area (Å²) in [6, 6.07) is 2.14. The largest absolute Gasteiger partial charge is 0.370 e. The summed E-state index contributed by atoms with van der Waals surface area (Å²) in [5.74, 6) is 3.63. The van der Waals surface area contributed by atoms with Crippen LogP contribution in [0.5, 0.6) is 0 Å². The Kier molecular flexibility index (Phi) is 5.49. The Hall–Kier alpha value is -0.770. The van der Waals surface area contributed by atoms with E-state index >= 15 is 0 Å². The summed E-state index contributed by atoms with van der Waals surface area (Å²) in [4.78, 5) is 9.38. The third-order valence-corrected chi connectivity index (χ3v) is 4.74. The Morgan fingerprint density at radius 1 is 1.37 bits per heavy atom. The van der Waals surface area contributed by atoms with Gasteiger partial charge < -0.3 is 5.32 Å². The predicted molar refractivity (Wildman–Crippen MR) is 83.8 cm³/mol. The fourth-order valence-electron chi connectivity index (χ4n) is 1.85. The number of hydrogen-bond donors (Lipinski definition) is 1. The number of thioether (sulfide) groups is 1. The van der Waals surface area contributed by atoms with Gasteiger partial charge in [0.15, 0.2) is 0 Å². The van der Waals surface area contributed by atoms with E-state index in [4.69, 9.17) is 4.98 Å². The van der Waals surface area contributed by atoms with E-state index in [0.717, 1.165) is 30.4 Å². The Bertz CT molecular complexity index is 404. The van der Waals surface area contributed by atoms with Crippen LogP contribution in [0.4, 0.5) is 5.82 Å². The maximum absolute atomic E-state index is 4.74. The molecule has 1 aliphatic rings. The minimum atomic E-state index is 0.681. The Morgan fingerprint density at radius 3 is 2.79 bits per heavy atom. The lowest BCUT2D eigenvalue weighted by atomic mass is 10.2. The van der Waals surface area contributed by atoms with Crippen LogP contribution < -0.4 is 5.32 Å². The Labute approximate surface area is 121 Å². The van der Waals surface area contributed by atoms with E-state index in [9.17, 15) is 0 Å². The summed E-state index contributed by atoms with van der Waals surface area (Å²) in [5, 5.41) is 4.08.